The minimum atomic E-state index is -0.0624. The van der Waals surface area contributed by atoms with Crippen molar-refractivity contribution in [3.63, 3.8) is 0 Å². The molecule has 1 saturated heterocycles. The summed E-state index contributed by atoms with van der Waals surface area (Å²) < 4.78 is 10.5. The van der Waals surface area contributed by atoms with Crippen molar-refractivity contribution in [2.75, 3.05) is 27.3 Å². The minimum absolute atomic E-state index is 0.0624. The van der Waals surface area contributed by atoms with Crippen molar-refractivity contribution in [1.82, 2.24) is 10.6 Å². The zero-order valence-corrected chi connectivity index (χ0v) is 12.8. The lowest BCUT2D eigenvalue weighted by atomic mass is 10.1. The monoisotopic (exact) mass is 292 g/mol. The summed E-state index contributed by atoms with van der Waals surface area (Å²) in [5.74, 6) is 1.60. The van der Waals surface area contributed by atoms with Gasteiger partial charge in [0.2, 0.25) is 5.91 Å². The van der Waals surface area contributed by atoms with Crippen molar-refractivity contribution < 1.29 is 14.3 Å². The fourth-order valence-electron chi connectivity index (χ4n) is 2.56. The highest BCUT2D eigenvalue weighted by molar-refractivity contribution is 5.81. The summed E-state index contributed by atoms with van der Waals surface area (Å²) in [6, 6.07) is 5.85. The highest BCUT2D eigenvalue weighted by atomic mass is 16.5. The predicted octanol–water partition coefficient (Wildman–Crippen LogP) is 1.50. The first kappa shape index (κ1) is 15.6. The average Bonchev–Trinajstić information content (AvgIpc) is 2.72. The van der Waals surface area contributed by atoms with E-state index >= 15 is 0 Å². The summed E-state index contributed by atoms with van der Waals surface area (Å²) >= 11 is 0. The molecule has 116 valence electrons. The molecule has 1 fully saturated rings. The molecule has 21 heavy (non-hydrogen) atoms. The number of methoxy groups -OCH3 is 2. The number of benzene rings is 1. The quantitative estimate of drug-likeness (QED) is 0.834. The Kier molecular flexibility index (Phi) is 5.87. The highest BCUT2D eigenvalue weighted by Crippen LogP contribution is 2.27. The van der Waals surface area contributed by atoms with E-state index in [2.05, 4.69) is 10.6 Å². The zero-order chi connectivity index (χ0) is 15.1. The van der Waals surface area contributed by atoms with Gasteiger partial charge in [-0.15, -0.1) is 0 Å². The van der Waals surface area contributed by atoms with Gasteiger partial charge in [-0.1, -0.05) is 6.07 Å². The van der Waals surface area contributed by atoms with Crippen molar-refractivity contribution in [2.45, 2.75) is 31.7 Å². The van der Waals surface area contributed by atoms with Gasteiger partial charge in [0, 0.05) is 6.54 Å². The summed E-state index contributed by atoms with van der Waals surface area (Å²) in [5.41, 5.74) is 1.16. The summed E-state index contributed by atoms with van der Waals surface area (Å²) in [6.07, 6.45) is 3.92. The molecule has 1 unspecified atom stereocenters. The van der Waals surface area contributed by atoms with Gasteiger partial charge in [-0.25, -0.2) is 0 Å². The fraction of sp³-hybridized carbons (Fsp3) is 0.562. The zero-order valence-electron chi connectivity index (χ0n) is 12.8. The van der Waals surface area contributed by atoms with E-state index in [0.29, 0.717) is 0 Å². The van der Waals surface area contributed by atoms with E-state index < -0.39 is 0 Å². The lowest BCUT2D eigenvalue weighted by Gasteiger charge is -2.15. The van der Waals surface area contributed by atoms with Gasteiger partial charge in [-0.3, -0.25) is 4.79 Å². The van der Waals surface area contributed by atoms with Crippen LogP contribution in [0.2, 0.25) is 0 Å². The number of nitrogens with one attached hydrogen (secondary N) is 2. The first-order valence-electron chi connectivity index (χ1n) is 7.46. The number of carbonyl (C=O) groups is 1. The summed E-state index contributed by atoms with van der Waals surface area (Å²) in [4.78, 5) is 11.8. The molecule has 5 nitrogen and oxygen atoms in total. The van der Waals surface area contributed by atoms with Gasteiger partial charge in [0.25, 0.3) is 0 Å². The molecule has 1 atom stereocenters. The minimum Gasteiger partial charge on any atom is -0.493 e. The van der Waals surface area contributed by atoms with Crippen molar-refractivity contribution in [1.29, 1.82) is 0 Å². The molecule has 1 amide bonds. The third kappa shape index (κ3) is 4.36. The van der Waals surface area contributed by atoms with Crippen molar-refractivity contribution >= 4 is 5.91 Å². The number of ether oxygens (including phenoxy) is 2. The second-order valence-corrected chi connectivity index (χ2v) is 5.23. The van der Waals surface area contributed by atoms with Crippen LogP contribution in [0.15, 0.2) is 18.2 Å². The van der Waals surface area contributed by atoms with Gasteiger partial charge < -0.3 is 20.1 Å². The van der Waals surface area contributed by atoms with Crippen LogP contribution in [-0.4, -0.2) is 39.3 Å². The number of carbonyl (C=O) groups excluding carboxylic acids is 1. The van der Waals surface area contributed by atoms with Crippen molar-refractivity contribution in [2.24, 2.45) is 0 Å². The molecule has 1 heterocycles. The first-order valence-corrected chi connectivity index (χ1v) is 7.46. The van der Waals surface area contributed by atoms with Crippen LogP contribution in [0, 0.1) is 0 Å². The van der Waals surface area contributed by atoms with Crippen LogP contribution in [0.25, 0.3) is 0 Å². The van der Waals surface area contributed by atoms with Gasteiger partial charge in [0.15, 0.2) is 11.5 Å². The molecule has 2 rings (SSSR count). The van der Waals surface area contributed by atoms with Crippen molar-refractivity contribution in [3.05, 3.63) is 23.8 Å². The van der Waals surface area contributed by atoms with Crippen LogP contribution in [0.1, 0.15) is 24.8 Å². The molecule has 1 aromatic carbocycles. The average molecular weight is 292 g/mol. The molecule has 5 heteroatoms. The maximum absolute atomic E-state index is 11.8. The topological polar surface area (TPSA) is 59.6 Å². The summed E-state index contributed by atoms with van der Waals surface area (Å²) in [6.45, 7) is 1.57. The van der Waals surface area contributed by atoms with Crippen LogP contribution in [0.4, 0.5) is 0 Å². The number of amides is 1. The first-order chi connectivity index (χ1) is 10.2. The molecule has 2 N–H and O–H groups in total. The molecule has 0 aromatic heterocycles. The molecular weight excluding hydrogens is 268 g/mol. The van der Waals surface area contributed by atoms with E-state index in [1.54, 1.807) is 14.2 Å². The van der Waals surface area contributed by atoms with Crippen LogP contribution in [0.3, 0.4) is 0 Å². The summed E-state index contributed by atoms with van der Waals surface area (Å²) in [7, 11) is 3.26. The fourth-order valence-corrected chi connectivity index (χ4v) is 2.56. The molecule has 0 radical (unpaired) electrons. The van der Waals surface area contributed by atoms with Crippen LogP contribution >= 0.6 is 0 Å². The Labute approximate surface area is 126 Å². The lowest BCUT2D eigenvalue weighted by molar-refractivity contribution is -0.122. The van der Waals surface area contributed by atoms with E-state index in [9.17, 15) is 4.79 Å². The Morgan fingerprint density at radius 1 is 1.24 bits per heavy atom. The maximum atomic E-state index is 11.8. The third-order valence-corrected chi connectivity index (χ3v) is 3.79. The Morgan fingerprint density at radius 2 is 2.05 bits per heavy atom. The van der Waals surface area contributed by atoms with Crippen molar-refractivity contribution in [3.8, 4) is 11.5 Å². The normalized spacial score (nSPS) is 18.8. The van der Waals surface area contributed by atoms with Crippen LogP contribution in [0.5, 0.6) is 11.5 Å². The Morgan fingerprint density at radius 3 is 2.81 bits per heavy atom. The lowest BCUT2D eigenvalue weighted by Crippen LogP contribution is -2.43. The number of rotatable bonds is 6. The molecule has 0 aliphatic carbocycles. The van der Waals surface area contributed by atoms with E-state index in [0.717, 1.165) is 55.8 Å². The van der Waals surface area contributed by atoms with Crippen LogP contribution in [-0.2, 0) is 11.2 Å². The molecule has 1 aliphatic rings. The largest absolute Gasteiger partial charge is 0.493 e. The van der Waals surface area contributed by atoms with Gasteiger partial charge in [-0.2, -0.15) is 0 Å². The van der Waals surface area contributed by atoms with E-state index in [-0.39, 0.29) is 11.9 Å². The van der Waals surface area contributed by atoms with Crippen LogP contribution < -0.4 is 20.1 Å². The SMILES string of the molecule is COc1ccc(CCNC2CCCCNC2=O)cc1OC. The Bertz CT molecular complexity index is 477. The number of hydrogen-bond acceptors (Lipinski definition) is 4. The Hall–Kier alpha value is -1.75. The second kappa shape index (κ2) is 7.88. The van der Waals surface area contributed by atoms with Gasteiger partial charge in [0.05, 0.1) is 20.3 Å². The van der Waals surface area contributed by atoms with E-state index in [1.807, 2.05) is 18.2 Å². The summed E-state index contributed by atoms with van der Waals surface area (Å²) in [5, 5.41) is 6.28. The standard InChI is InChI=1S/C16H24N2O3/c1-20-14-7-6-12(11-15(14)21-2)8-10-17-13-5-3-4-9-18-16(13)19/h6-7,11,13,17H,3-5,8-10H2,1-2H3,(H,18,19). The third-order valence-electron chi connectivity index (χ3n) is 3.79. The van der Waals surface area contributed by atoms with Gasteiger partial charge in [0.1, 0.15) is 0 Å². The maximum Gasteiger partial charge on any atom is 0.237 e. The molecule has 0 bridgehead atoms. The number of hydrogen-bond donors (Lipinski definition) is 2. The van der Waals surface area contributed by atoms with Gasteiger partial charge in [-0.05, 0) is 49.9 Å². The molecule has 0 saturated carbocycles. The highest BCUT2D eigenvalue weighted by Gasteiger charge is 2.19. The molecular formula is C16H24N2O3. The Balaban J connectivity index is 1.86. The molecule has 1 aliphatic heterocycles. The predicted molar refractivity (Wildman–Crippen MR) is 81.9 cm³/mol. The van der Waals surface area contributed by atoms with E-state index in [1.165, 1.54) is 0 Å². The smallest absolute Gasteiger partial charge is 0.237 e. The molecule has 0 spiro atoms. The van der Waals surface area contributed by atoms with Gasteiger partial charge >= 0.3 is 0 Å². The van der Waals surface area contributed by atoms with E-state index in [4.69, 9.17) is 9.47 Å². The molecule has 1 aromatic rings. The second-order valence-electron chi connectivity index (χ2n) is 5.23.